The van der Waals surface area contributed by atoms with Crippen molar-refractivity contribution < 1.29 is 15.0 Å². The number of rotatable bonds is 3. The Labute approximate surface area is 142 Å². The Kier molecular flexibility index (Phi) is 2.81. The minimum absolute atomic E-state index is 0.0284. The van der Waals surface area contributed by atoms with Crippen LogP contribution in [-0.2, 0) is 4.79 Å². The molecule has 0 aromatic heterocycles. The monoisotopic (exact) mass is 330 g/mol. The Balaban J connectivity index is 1.45. The zero-order valence-electron chi connectivity index (χ0n) is 13.9. The van der Waals surface area contributed by atoms with Crippen molar-refractivity contribution in [3.05, 3.63) is 0 Å². The summed E-state index contributed by atoms with van der Waals surface area (Å²) in [7, 11) is 0. The molecule has 0 spiro atoms. The van der Waals surface area contributed by atoms with Crippen LogP contribution in [0.2, 0.25) is 0 Å². The first-order valence-electron chi connectivity index (χ1n) is 9.40. The number of hydrogen-bond acceptors (Lipinski definition) is 5. The lowest BCUT2D eigenvalue weighted by atomic mass is 9.44. The minimum Gasteiger partial charge on any atom is -0.390 e. The molecule has 6 aliphatic rings. The van der Waals surface area contributed by atoms with Gasteiger partial charge in [-0.1, -0.05) is 0 Å². The van der Waals surface area contributed by atoms with E-state index in [1.54, 1.807) is 0 Å². The highest BCUT2D eigenvalue weighted by Crippen LogP contribution is 2.65. The second kappa shape index (κ2) is 4.41. The van der Waals surface area contributed by atoms with Gasteiger partial charge in [0.1, 0.15) is 0 Å². The average Bonchev–Trinajstić information content (AvgIpc) is 3.12. The van der Waals surface area contributed by atoms with Crippen LogP contribution in [0, 0.1) is 46.3 Å². The van der Waals surface area contributed by atoms with Crippen LogP contribution in [0.5, 0.6) is 0 Å². The van der Waals surface area contributed by atoms with E-state index in [-0.39, 0.29) is 23.5 Å². The van der Waals surface area contributed by atoms with Crippen molar-refractivity contribution in [1.82, 2.24) is 0 Å². The molecule has 4 bridgehead atoms. The molecule has 6 aliphatic carbocycles. The van der Waals surface area contributed by atoms with E-state index in [2.05, 4.69) is 6.07 Å². The van der Waals surface area contributed by atoms with Crippen LogP contribution in [0.1, 0.15) is 51.4 Å². The van der Waals surface area contributed by atoms with Crippen molar-refractivity contribution in [2.24, 2.45) is 40.7 Å². The molecule has 0 aromatic carbocycles. The van der Waals surface area contributed by atoms with Crippen LogP contribution < -0.4 is 5.73 Å². The number of Topliss-reactive ketones (excluding diaryl/α,β-unsaturated/α-hetero) is 1. The fourth-order valence-electron chi connectivity index (χ4n) is 7.56. The maximum Gasteiger partial charge on any atom is 0.154 e. The third kappa shape index (κ3) is 1.94. The molecule has 5 unspecified atom stereocenters. The van der Waals surface area contributed by atoms with E-state index in [9.17, 15) is 20.3 Å². The second-order valence-electron chi connectivity index (χ2n) is 9.86. The highest BCUT2D eigenvalue weighted by Gasteiger charge is 2.66. The largest absolute Gasteiger partial charge is 0.390 e. The third-order valence-electron chi connectivity index (χ3n) is 7.94. The van der Waals surface area contributed by atoms with Gasteiger partial charge in [0.2, 0.25) is 0 Å². The van der Waals surface area contributed by atoms with Gasteiger partial charge < -0.3 is 15.9 Å². The quantitative estimate of drug-likeness (QED) is 0.719. The fourth-order valence-corrected chi connectivity index (χ4v) is 7.56. The molecule has 6 fully saturated rings. The predicted molar refractivity (Wildman–Crippen MR) is 85.3 cm³/mol. The normalized spacial score (nSPS) is 58.2. The highest BCUT2D eigenvalue weighted by molar-refractivity contribution is 5.88. The first kappa shape index (κ1) is 15.3. The van der Waals surface area contributed by atoms with Crippen LogP contribution in [0.15, 0.2) is 0 Å². The Bertz CT molecular complexity index is 637. The summed E-state index contributed by atoms with van der Waals surface area (Å²) < 4.78 is 0. The molecular weight excluding hydrogens is 304 g/mol. The molecule has 0 aliphatic heterocycles. The second-order valence-corrected chi connectivity index (χ2v) is 9.86. The number of carbonyl (C=O) groups is 1. The summed E-state index contributed by atoms with van der Waals surface area (Å²) in [6.45, 7) is 0. The summed E-state index contributed by atoms with van der Waals surface area (Å²) in [5.41, 5.74) is 4.33. The molecule has 0 heterocycles. The van der Waals surface area contributed by atoms with Gasteiger partial charge in [0.05, 0.1) is 29.2 Å². The van der Waals surface area contributed by atoms with Crippen molar-refractivity contribution in [3.63, 3.8) is 0 Å². The Morgan fingerprint density at radius 3 is 2.38 bits per heavy atom. The average molecular weight is 330 g/mol. The summed E-state index contributed by atoms with van der Waals surface area (Å²) in [4.78, 5) is 13.2. The van der Waals surface area contributed by atoms with E-state index in [0.717, 1.165) is 32.1 Å². The number of fused-ring (bicyclic) bond motifs is 1. The number of hydrogen-bond donors (Lipinski definition) is 3. The number of carbonyl (C=O) groups excluding carboxylic acids is 1. The number of nitrogens with zero attached hydrogens (tertiary/aromatic N) is 1. The Morgan fingerprint density at radius 1 is 1.12 bits per heavy atom. The lowest BCUT2D eigenvalue weighted by molar-refractivity contribution is -0.234. The number of ketones is 1. The molecule has 0 saturated heterocycles. The molecular formula is C19H26N2O3. The zero-order chi connectivity index (χ0) is 16.9. The van der Waals surface area contributed by atoms with Crippen LogP contribution in [0.4, 0.5) is 0 Å². The van der Waals surface area contributed by atoms with Gasteiger partial charge in [0.25, 0.3) is 0 Å². The molecule has 24 heavy (non-hydrogen) atoms. The molecule has 5 heteroatoms. The first-order valence-corrected chi connectivity index (χ1v) is 9.40. The smallest absolute Gasteiger partial charge is 0.154 e. The lowest BCUT2D eigenvalue weighted by Gasteiger charge is -2.64. The fraction of sp³-hybridized carbons (Fsp3) is 0.895. The summed E-state index contributed by atoms with van der Waals surface area (Å²) in [5, 5.41) is 31.2. The number of nitrogens with two attached hydrogens (primary N) is 1. The standard InChI is InChI=1S/C19H26N2O3/c20-6-12-1-11-2-13(11)14(12)15(22)16(21)17-3-10-4-18(23,7-17)9-19(24,5-10)8-17/h10-14,16,23-24H,1-5,7-9,21H2/t10?,11-,12+,13?,14?,16?,17?,18?,19?/m1/s1. The molecule has 0 aromatic rings. The molecule has 6 saturated carbocycles. The van der Waals surface area contributed by atoms with Crippen molar-refractivity contribution in [3.8, 4) is 6.07 Å². The van der Waals surface area contributed by atoms with Gasteiger partial charge in [-0.15, -0.1) is 0 Å². The molecule has 0 amide bonds. The van der Waals surface area contributed by atoms with Crippen molar-refractivity contribution >= 4 is 5.78 Å². The van der Waals surface area contributed by atoms with Gasteiger partial charge in [0, 0.05) is 12.3 Å². The third-order valence-corrected chi connectivity index (χ3v) is 7.94. The van der Waals surface area contributed by atoms with Gasteiger partial charge in [-0.2, -0.15) is 5.26 Å². The van der Waals surface area contributed by atoms with E-state index >= 15 is 0 Å². The first-order chi connectivity index (χ1) is 11.3. The van der Waals surface area contributed by atoms with Gasteiger partial charge in [0.15, 0.2) is 5.78 Å². The minimum atomic E-state index is -0.863. The van der Waals surface area contributed by atoms with E-state index in [1.165, 1.54) is 0 Å². The summed E-state index contributed by atoms with van der Waals surface area (Å²) in [5.74, 6) is 0.785. The van der Waals surface area contributed by atoms with Crippen LogP contribution >= 0.6 is 0 Å². The van der Waals surface area contributed by atoms with Crippen LogP contribution in [0.3, 0.4) is 0 Å². The van der Waals surface area contributed by atoms with E-state index in [4.69, 9.17) is 5.73 Å². The summed E-state index contributed by atoms with van der Waals surface area (Å²) in [6.07, 6.45) is 5.68. The molecule has 7 atom stereocenters. The SMILES string of the molecule is N#C[C@@H]1C[C@@H]2CC2C1C(=O)C(N)C12CC3CC(O)(CC(O)(C3)C1)C2. The van der Waals surface area contributed by atoms with E-state index in [1.807, 2.05) is 0 Å². The van der Waals surface area contributed by atoms with Crippen molar-refractivity contribution in [2.75, 3.05) is 0 Å². The number of nitriles is 1. The predicted octanol–water partition coefficient (Wildman–Crippen LogP) is 1.12. The van der Waals surface area contributed by atoms with Gasteiger partial charge in [-0.05, 0) is 68.1 Å². The van der Waals surface area contributed by atoms with Crippen LogP contribution in [0.25, 0.3) is 0 Å². The Hall–Kier alpha value is -0.960. The lowest BCUT2D eigenvalue weighted by Crippen LogP contribution is -2.68. The van der Waals surface area contributed by atoms with Gasteiger partial charge in [-0.25, -0.2) is 0 Å². The zero-order valence-corrected chi connectivity index (χ0v) is 13.9. The summed E-state index contributed by atoms with van der Waals surface area (Å²) >= 11 is 0. The van der Waals surface area contributed by atoms with E-state index in [0.29, 0.717) is 31.1 Å². The maximum atomic E-state index is 13.2. The van der Waals surface area contributed by atoms with Crippen LogP contribution in [-0.4, -0.2) is 33.2 Å². The van der Waals surface area contributed by atoms with E-state index < -0.39 is 22.7 Å². The summed E-state index contributed by atoms with van der Waals surface area (Å²) in [6, 6.07) is 1.67. The molecule has 0 radical (unpaired) electrons. The molecule has 4 N–H and O–H groups in total. The van der Waals surface area contributed by atoms with Crippen molar-refractivity contribution in [2.45, 2.75) is 68.6 Å². The van der Waals surface area contributed by atoms with Gasteiger partial charge >= 0.3 is 0 Å². The highest BCUT2D eigenvalue weighted by atomic mass is 16.3. The van der Waals surface area contributed by atoms with Gasteiger partial charge in [-0.3, -0.25) is 4.79 Å². The molecule has 5 nitrogen and oxygen atoms in total. The number of aliphatic hydroxyl groups is 2. The van der Waals surface area contributed by atoms with Crippen molar-refractivity contribution in [1.29, 1.82) is 5.26 Å². The molecule has 130 valence electrons. The Morgan fingerprint density at radius 2 is 1.79 bits per heavy atom. The maximum absolute atomic E-state index is 13.2. The topological polar surface area (TPSA) is 107 Å². The molecule has 6 rings (SSSR count).